The number of nitrogens with zero attached hydrogens (tertiary/aromatic N) is 1. The van der Waals surface area contributed by atoms with Gasteiger partial charge in [-0.25, -0.2) is 4.79 Å². The third-order valence-corrected chi connectivity index (χ3v) is 3.87. The Bertz CT molecular complexity index is 896. The van der Waals surface area contributed by atoms with Crippen molar-refractivity contribution in [3.63, 3.8) is 0 Å². The van der Waals surface area contributed by atoms with E-state index in [-0.39, 0.29) is 13.2 Å². The normalized spacial score (nSPS) is 22.6. The van der Waals surface area contributed by atoms with Gasteiger partial charge in [-0.05, 0) is 18.4 Å². The van der Waals surface area contributed by atoms with Gasteiger partial charge in [0, 0.05) is 11.8 Å². The van der Waals surface area contributed by atoms with Gasteiger partial charge < -0.3 is 14.2 Å². The van der Waals surface area contributed by atoms with Crippen LogP contribution < -0.4 is 11.2 Å². The molecule has 2 aromatic rings. The van der Waals surface area contributed by atoms with E-state index in [2.05, 4.69) is 10.9 Å². The van der Waals surface area contributed by atoms with Crippen molar-refractivity contribution in [1.29, 1.82) is 0 Å². The maximum atomic E-state index is 12.0. The molecule has 1 aliphatic heterocycles. The van der Waals surface area contributed by atoms with Gasteiger partial charge in [0.1, 0.15) is 6.61 Å². The third kappa shape index (κ3) is 3.72. The monoisotopic (exact) mass is 342 g/mol. The van der Waals surface area contributed by atoms with Crippen LogP contribution in [0.25, 0.3) is 0 Å². The summed E-state index contributed by atoms with van der Waals surface area (Å²) in [5, 5.41) is 0. The molecule has 2 heterocycles. The second-order valence-corrected chi connectivity index (χ2v) is 5.74. The lowest BCUT2D eigenvalue weighted by atomic mass is 10.2. The van der Waals surface area contributed by atoms with E-state index in [1.165, 1.54) is 10.8 Å². The van der Waals surface area contributed by atoms with Gasteiger partial charge >= 0.3 is 5.69 Å². The number of benzene rings is 1. The molecule has 3 rings (SSSR count). The Morgan fingerprint density at radius 3 is 2.88 bits per heavy atom. The zero-order chi connectivity index (χ0) is 17.9. The zero-order valence-electron chi connectivity index (χ0n) is 13.7. The number of aryl methyl sites for hydroxylation is 1. The third-order valence-electron chi connectivity index (χ3n) is 3.87. The van der Waals surface area contributed by atoms with E-state index in [9.17, 15) is 9.59 Å². The van der Waals surface area contributed by atoms with Crippen molar-refractivity contribution in [3.05, 3.63) is 68.5 Å². The first-order chi connectivity index (χ1) is 12.0. The number of H-pyrrole nitrogens is 1. The molecule has 130 valence electrons. The lowest BCUT2D eigenvalue weighted by molar-refractivity contribution is -0.171. The Morgan fingerprint density at radius 1 is 1.40 bits per heavy atom. The number of hydrogen-bond donors (Lipinski definition) is 1. The standard InChI is InChI=1S/C18H18N2O5/c1-3-18(12-23-10-14-7-5-4-6-8-14)24-11-15(25-18)20-9-13(2)16(21)19-17(20)22/h1,4-9,15H,10-12H2,2H3,(H,19,21,22)/t15-,18-/m1/s1. The highest BCUT2D eigenvalue weighted by Gasteiger charge is 2.42. The van der Waals surface area contributed by atoms with Crippen LogP contribution in [-0.4, -0.2) is 28.6 Å². The highest BCUT2D eigenvalue weighted by Crippen LogP contribution is 2.29. The molecule has 0 spiro atoms. The predicted molar refractivity (Wildman–Crippen MR) is 89.8 cm³/mol. The molecule has 1 aliphatic rings. The van der Waals surface area contributed by atoms with E-state index in [1.807, 2.05) is 30.3 Å². The molecule has 7 heteroatoms. The van der Waals surface area contributed by atoms with Crippen LogP contribution in [0.2, 0.25) is 0 Å². The molecule has 1 aromatic heterocycles. The van der Waals surface area contributed by atoms with Crippen molar-refractivity contribution >= 4 is 0 Å². The quantitative estimate of drug-likeness (QED) is 0.818. The van der Waals surface area contributed by atoms with Crippen molar-refractivity contribution in [1.82, 2.24) is 9.55 Å². The van der Waals surface area contributed by atoms with Crippen LogP contribution in [-0.2, 0) is 20.8 Å². The van der Waals surface area contributed by atoms with Gasteiger partial charge in [0.25, 0.3) is 11.3 Å². The maximum Gasteiger partial charge on any atom is 0.330 e. The summed E-state index contributed by atoms with van der Waals surface area (Å²) in [6.07, 6.45) is 6.24. The van der Waals surface area contributed by atoms with Crippen molar-refractivity contribution in [2.45, 2.75) is 25.5 Å². The van der Waals surface area contributed by atoms with Crippen molar-refractivity contribution in [2.24, 2.45) is 0 Å². The van der Waals surface area contributed by atoms with Crippen molar-refractivity contribution in [3.8, 4) is 12.3 Å². The minimum Gasteiger partial charge on any atom is -0.370 e. The van der Waals surface area contributed by atoms with Gasteiger partial charge in [-0.2, -0.15) is 0 Å². The van der Waals surface area contributed by atoms with Gasteiger partial charge in [-0.3, -0.25) is 14.3 Å². The van der Waals surface area contributed by atoms with E-state index in [0.717, 1.165) is 5.56 Å². The summed E-state index contributed by atoms with van der Waals surface area (Å²) >= 11 is 0. The van der Waals surface area contributed by atoms with E-state index in [4.69, 9.17) is 20.6 Å². The average Bonchev–Trinajstić information content (AvgIpc) is 3.04. The van der Waals surface area contributed by atoms with Crippen LogP contribution in [0, 0.1) is 19.3 Å². The summed E-state index contributed by atoms with van der Waals surface area (Å²) < 4.78 is 18.2. The Hall–Kier alpha value is -2.66. The van der Waals surface area contributed by atoms with Gasteiger partial charge in [-0.1, -0.05) is 30.3 Å². The molecule has 0 aliphatic carbocycles. The number of aromatic amines is 1. The zero-order valence-corrected chi connectivity index (χ0v) is 13.7. The molecular formula is C18H18N2O5. The van der Waals surface area contributed by atoms with Gasteiger partial charge in [-0.15, -0.1) is 6.42 Å². The summed E-state index contributed by atoms with van der Waals surface area (Å²) in [5.74, 6) is 1.08. The van der Waals surface area contributed by atoms with Crippen molar-refractivity contribution in [2.75, 3.05) is 13.2 Å². The molecule has 0 amide bonds. The molecular weight excluding hydrogens is 324 g/mol. The average molecular weight is 342 g/mol. The van der Waals surface area contributed by atoms with E-state index < -0.39 is 23.3 Å². The molecule has 0 saturated carbocycles. The molecule has 1 fully saturated rings. The van der Waals surface area contributed by atoms with Gasteiger partial charge in [0.05, 0.1) is 13.2 Å². The van der Waals surface area contributed by atoms with Crippen LogP contribution in [0.4, 0.5) is 0 Å². The Kier molecular flexibility index (Phi) is 4.86. The van der Waals surface area contributed by atoms with Crippen LogP contribution in [0.5, 0.6) is 0 Å². The molecule has 2 atom stereocenters. The molecule has 1 saturated heterocycles. The van der Waals surface area contributed by atoms with E-state index in [1.54, 1.807) is 6.92 Å². The van der Waals surface area contributed by atoms with Crippen LogP contribution in [0.3, 0.4) is 0 Å². The summed E-state index contributed by atoms with van der Waals surface area (Å²) in [7, 11) is 0. The van der Waals surface area contributed by atoms with Crippen LogP contribution in [0.15, 0.2) is 46.1 Å². The fourth-order valence-electron chi connectivity index (χ4n) is 2.50. The second-order valence-electron chi connectivity index (χ2n) is 5.74. The fraction of sp³-hybridized carbons (Fsp3) is 0.333. The summed E-state index contributed by atoms with van der Waals surface area (Å²) in [6, 6.07) is 9.62. The maximum absolute atomic E-state index is 12.0. The number of rotatable bonds is 5. The first-order valence-corrected chi connectivity index (χ1v) is 7.76. The molecule has 25 heavy (non-hydrogen) atoms. The minimum absolute atomic E-state index is 0.0198. The Balaban J connectivity index is 1.69. The number of nitrogens with one attached hydrogen (secondary N) is 1. The topological polar surface area (TPSA) is 82.5 Å². The molecule has 1 aromatic carbocycles. The summed E-state index contributed by atoms with van der Waals surface area (Å²) in [6.45, 7) is 2.05. The number of terminal acetylenes is 1. The molecule has 0 unspecified atom stereocenters. The summed E-state index contributed by atoms with van der Waals surface area (Å²) in [4.78, 5) is 25.7. The smallest absolute Gasteiger partial charge is 0.330 e. The SMILES string of the molecule is C#C[C@@]1(COCc2ccccc2)OC[C@H](n2cc(C)c(=O)[nH]c2=O)O1. The Morgan fingerprint density at radius 2 is 2.16 bits per heavy atom. The summed E-state index contributed by atoms with van der Waals surface area (Å²) in [5.41, 5.74) is 0.371. The van der Waals surface area contributed by atoms with Gasteiger partial charge in [0.2, 0.25) is 0 Å². The molecule has 0 radical (unpaired) electrons. The fourth-order valence-corrected chi connectivity index (χ4v) is 2.50. The Labute approximate surface area is 144 Å². The molecule has 1 N–H and O–H groups in total. The lowest BCUT2D eigenvalue weighted by Crippen LogP contribution is -2.37. The highest BCUT2D eigenvalue weighted by molar-refractivity contribution is 5.13. The number of aromatic nitrogens is 2. The highest BCUT2D eigenvalue weighted by atomic mass is 16.8. The van der Waals surface area contributed by atoms with Crippen molar-refractivity contribution < 1.29 is 14.2 Å². The van der Waals surface area contributed by atoms with Crippen LogP contribution >= 0.6 is 0 Å². The lowest BCUT2D eigenvalue weighted by Gasteiger charge is -2.22. The van der Waals surface area contributed by atoms with Crippen LogP contribution in [0.1, 0.15) is 17.4 Å². The number of ether oxygens (including phenoxy) is 3. The van der Waals surface area contributed by atoms with E-state index >= 15 is 0 Å². The molecule has 0 bridgehead atoms. The molecule has 7 nitrogen and oxygen atoms in total. The first kappa shape index (κ1) is 17.2. The minimum atomic E-state index is -1.37. The van der Waals surface area contributed by atoms with Gasteiger partial charge in [0.15, 0.2) is 6.23 Å². The first-order valence-electron chi connectivity index (χ1n) is 7.76. The predicted octanol–water partition coefficient (Wildman–Crippen LogP) is 0.937. The second kappa shape index (κ2) is 7.07. The number of hydrogen-bond acceptors (Lipinski definition) is 5. The largest absolute Gasteiger partial charge is 0.370 e. The van der Waals surface area contributed by atoms with E-state index in [0.29, 0.717) is 12.2 Å².